The van der Waals surface area contributed by atoms with Gasteiger partial charge >= 0.3 is 0 Å². The van der Waals surface area contributed by atoms with E-state index in [1.807, 2.05) is 31.2 Å². The molecule has 1 atom stereocenters. The number of nitrogens with zero attached hydrogens (tertiary/aromatic N) is 2. The van der Waals surface area contributed by atoms with Crippen molar-refractivity contribution < 1.29 is 9.59 Å². The van der Waals surface area contributed by atoms with E-state index in [2.05, 4.69) is 4.90 Å². The van der Waals surface area contributed by atoms with Crippen molar-refractivity contribution >= 4 is 23.4 Å². The van der Waals surface area contributed by atoms with Gasteiger partial charge in [-0.25, -0.2) is 0 Å². The zero-order valence-electron chi connectivity index (χ0n) is 12.8. The molecule has 0 bridgehead atoms. The lowest BCUT2D eigenvalue weighted by Crippen LogP contribution is -2.39. The lowest BCUT2D eigenvalue weighted by Gasteiger charge is -2.23. The molecule has 0 aliphatic carbocycles. The van der Waals surface area contributed by atoms with Crippen LogP contribution in [0.5, 0.6) is 0 Å². The Hall–Kier alpha value is -1.59. The fraction of sp³-hybridized carbons (Fsp3) is 0.500. The molecule has 1 aromatic carbocycles. The zero-order valence-corrected chi connectivity index (χ0v) is 13.6. The summed E-state index contributed by atoms with van der Waals surface area (Å²) in [5, 5.41) is 0.706. The van der Waals surface area contributed by atoms with Gasteiger partial charge in [-0.1, -0.05) is 30.7 Å². The number of likely N-dealkylation sites (tertiary alicyclic amines) is 1. The van der Waals surface area contributed by atoms with Crippen LogP contribution in [0.3, 0.4) is 0 Å². The van der Waals surface area contributed by atoms with Gasteiger partial charge in [-0.15, -0.1) is 0 Å². The van der Waals surface area contributed by atoms with Crippen LogP contribution in [-0.4, -0.2) is 47.8 Å². The predicted octanol–water partition coefficient (Wildman–Crippen LogP) is 1.50. The van der Waals surface area contributed by atoms with Gasteiger partial charge in [0.25, 0.3) is 0 Å². The van der Waals surface area contributed by atoms with Crippen molar-refractivity contribution in [3.63, 3.8) is 0 Å². The zero-order chi connectivity index (χ0) is 16.1. The van der Waals surface area contributed by atoms with E-state index in [0.29, 0.717) is 37.6 Å². The van der Waals surface area contributed by atoms with Crippen molar-refractivity contribution in [3.05, 3.63) is 34.9 Å². The van der Waals surface area contributed by atoms with Crippen LogP contribution in [0, 0.1) is 5.92 Å². The Labute approximate surface area is 136 Å². The van der Waals surface area contributed by atoms with Crippen molar-refractivity contribution in [2.45, 2.75) is 19.9 Å². The topological polar surface area (TPSA) is 66.6 Å². The van der Waals surface area contributed by atoms with Gasteiger partial charge < -0.3 is 10.6 Å². The Morgan fingerprint density at radius 1 is 1.36 bits per heavy atom. The molecule has 0 unspecified atom stereocenters. The molecule has 2 rings (SSSR count). The first-order valence-electron chi connectivity index (χ1n) is 7.53. The predicted molar refractivity (Wildman–Crippen MR) is 86.3 cm³/mol. The van der Waals surface area contributed by atoms with Crippen LogP contribution in [0.4, 0.5) is 0 Å². The summed E-state index contributed by atoms with van der Waals surface area (Å²) in [7, 11) is 0. The smallest absolute Gasteiger partial charge is 0.236 e. The van der Waals surface area contributed by atoms with Gasteiger partial charge in [-0.05, 0) is 30.7 Å². The first-order chi connectivity index (χ1) is 10.5. The van der Waals surface area contributed by atoms with Crippen LogP contribution in [0.25, 0.3) is 0 Å². The summed E-state index contributed by atoms with van der Waals surface area (Å²) in [4.78, 5) is 27.3. The number of carbonyl (C=O) groups is 2. The third-order valence-corrected chi connectivity index (χ3v) is 4.32. The summed E-state index contributed by atoms with van der Waals surface area (Å²) >= 11 is 5.88. The molecule has 120 valence electrons. The van der Waals surface area contributed by atoms with Crippen LogP contribution in [0.15, 0.2) is 24.3 Å². The van der Waals surface area contributed by atoms with Crippen molar-refractivity contribution in [1.82, 2.24) is 9.80 Å². The van der Waals surface area contributed by atoms with Crippen LogP contribution >= 0.6 is 11.6 Å². The van der Waals surface area contributed by atoms with E-state index in [4.69, 9.17) is 17.3 Å². The molecule has 1 aliphatic heterocycles. The Bertz CT molecular complexity index is 533. The fourth-order valence-electron chi connectivity index (χ4n) is 2.64. The minimum absolute atomic E-state index is 0.0552. The summed E-state index contributed by atoms with van der Waals surface area (Å²) < 4.78 is 0. The molecule has 1 aromatic rings. The first kappa shape index (κ1) is 16.8. The number of hydrogen-bond donors (Lipinski definition) is 1. The highest BCUT2D eigenvalue weighted by atomic mass is 35.5. The summed E-state index contributed by atoms with van der Waals surface area (Å²) in [5.41, 5.74) is 6.42. The number of nitrogens with two attached hydrogens (primary N) is 1. The van der Waals surface area contributed by atoms with Gasteiger partial charge in [0.05, 0.1) is 12.5 Å². The number of rotatable bonds is 6. The molecule has 1 fully saturated rings. The number of benzene rings is 1. The third kappa shape index (κ3) is 4.45. The highest BCUT2D eigenvalue weighted by Crippen LogP contribution is 2.16. The molecule has 2 N–H and O–H groups in total. The second-order valence-electron chi connectivity index (χ2n) is 5.66. The maximum Gasteiger partial charge on any atom is 0.236 e. The highest BCUT2D eigenvalue weighted by Gasteiger charge is 2.29. The van der Waals surface area contributed by atoms with E-state index >= 15 is 0 Å². The third-order valence-electron chi connectivity index (χ3n) is 4.07. The Morgan fingerprint density at radius 2 is 2.05 bits per heavy atom. The fourth-order valence-corrected chi connectivity index (χ4v) is 2.76. The number of carbonyl (C=O) groups excluding carboxylic acids is 2. The number of primary amides is 1. The molecule has 1 aliphatic rings. The summed E-state index contributed by atoms with van der Waals surface area (Å²) in [6.45, 7) is 4.93. The van der Waals surface area contributed by atoms with E-state index in [1.165, 1.54) is 0 Å². The van der Waals surface area contributed by atoms with E-state index in [-0.39, 0.29) is 17.7 Å². The molecule has 0 spiro atoms. The van der Waals surface area contributed by atoms with Crippen LogP contribution in [0.1, 0.15) is 18.9 Å². The van der Waals surface area contributed by atoms with Gasteiger partial charge in [0.15, 0.2) is 0 Å². The van der Waals surface area contributed by atoms with Gasteiger partial charge in [0.2, 0.25) is 11.8 Å². The van der Waals surface area contributed by atoms with Crippen LogP contribution in [-0.2, 0) is 16.1 Å². The van der Waals surface area contributed by atoms with E-state index < -0.39 is 0 Å². The molecule has 0 radical (unpaired) electrons. The second kappa shape index (κ2) is 7.61. The number of likely N-dealkylation sites (N-methyl/N-ethyl adjacent to an activating group) is 1. The monoisotopic (exact) mass is 323 g/mol. The maximum atomic E-state index is 12.3. The van der Waals surface area contributed by atoms with Crippen LogP contribution < -0.4 is 5.73 Å². The molecule has 0 saturated carbocycles. The van der Waals surface area contributed by atoms with Gasteiger partial charge in [0, 0.05) is 24.7 Å². The number of amides is 2. The summed E-state index contributed by atoms with van der Waals surface area (Å²) in [6.07, 6.45) is 0.671. The minimum atomic E-state index is -0.316. The minimum Gasteiger partial charge on any atom is -0.369 e. The van der Waals surface area contributed by atoms with Crippen molar-refractivity contribution in [1.29, 1.82) is 0 Å². The summed E-state index contributed by atoms with van der Waals surface area (Å²) in [6, 6.07) is 7.64. The summed E-state index contributed by atoms with van der Waals surface area (Å²) in [5.74, 6) is -0.460. The Kier molecular flexibility index (Phi) is 5.80. The highest BCUT2D eigenvalue weighted by molar-refractivity contribution is 6.30. The Morgan fingerprint density at radius 3 is 2.59 bits per heavy atom. The molecular formula is C16H22ClN3O2. The molecule has 0 aromatic heterocycles. The normalized spacial score (nSPS) is 18.0. The average Bonchev–Trinajstić information content (AvgIpc) is 2.99. The van der Waals surface area contributed by atoms with Crippen LogP contribution in [0.2, 0.25) is 5.02 Å². The molecule has 5 nitrogen and oxygen atoms in total. The van der Waals surface area contributed by atoms with Crippen molar-refractivity contribution in [2.24, 2.45) is 11.7 Å². The molecule has 2 amide bonds. The first-order valence-corrected chi connectivity index (χ1v) is 7.91. The van der Waals surface area contributed by atoms with Gasteiger partial charge in [-0.3, -0.25) is 14.5 Å². The standard InChI is InChI=1S/C16H22ClN3O2/c1-2-19(9-12-3-5-14(17)6-4-12)11-15(21)20-8-7-13(10-20)16(18)22/h3-6,13H,2,7-11H2,1H3,(H2,18,22)/t13-/m0/s1. The number of halogens is 1. The number of hydrogen-bond acceptors (Lipinski definition) is 3. The second-order valence-corrected chi connectivity index (χ2v) is 6.09. The van der Waals surface area contributed by atoms with E-state index in [9.17, 15) is 9.59 Å². The molecule has 22 heavy (non-hydrogen) atoms. The molecule has 1 saturated heterocycles. The largest absolute Gasteiger partial charge is 0.369 e. The van der Waals surface area contributed by atoms with E-state index in [1.54, 1.807) is 4.90 Å². The maximum absolute atomic E-state index is 12.3. The average molecular weight is 324 g/mol. The molecular weight excluding hydrogens is 302 g/mol. The Balaban J connectivity index is 1.88. The molecule has 1 heterocycles. The molecule has 6 heteroatoms. The SMILES string of the molecule is CCN(CC(=O)N1CC[C@H](C(N)=O)C1)Cc1ccc(Cl)cc1. The lowest BCUT2D eigenvalue weighted by atomic mass is 10.1. The lowest BCUT2D eigenvalue weighted by molar-refractivity contribution is -0.131. The quantitative estimate of drug-likeness (QED) is 0.862. The van der Waals surface area contributed by atoms with Crippen molar-refractivity contribution in [3.8, 4) is 0 Å². The van der Waals surface area contributed by atoms with Gasteiger partial charge in [-0.2, -0.15) is 0 Å². The van der Waals surface area contributed by atoms with Gasteiger partial charge in [0.1, 0.15) is 0 Å². The van der Waals surface area contributed by atoms with Crippen molar-refractivity contribution in [2.75, 3.05) is 26.2 Å². The van der Waals surface area contributed by atoms with E-state index in [0.717, 1.165) is 12.1 Å².